The summed E-state index contributed by atoms with van der Waals surface area (Å²) >= 11 is 0. The highest BCUT2D eigenvalue weighted by molar-refractivity contribution is 5.80. The van der Waals surface area contributed by atoms with Crippen LogP contribution in [0.3, 0.4) is 0 Å². The minimum absolute atomic E-state index is 0.00347. The molecular weight excluding hydrogens is 344 g/mol. The van der Waals surface area contributed by atoms with Crippen LogP contribution in [0.15, 0.2) is 12.4 Å². The first-order chi connectivity index (χ1) is 13.2. The summed E-state index contributed by atoms with van der Waals surface area (Å²) in [5.41, 5.74) is 1.02. The molecule has 1 aliphatic carbocycles. The number of amides is 2. The molecule has 7 nitrogen and oxygen atoms in total. The maximum absolute atomic E-state index is 12.8. The van der Waals surface area contributed by atoms with Gasteiger partial charge in [0.15, 0.2) is 0 Å². The standard InChI is InChI=1S/C20H32N4O3/c1-2-11-27-18-7-6-16(20(26)24-9-3-4-10-24)12-17(18)23-19(25)8-5-15-13-21-22-14-15/h13-14,16-18H,2-12H2,1H3,(H,21,22)(H,23,25)/t16-,17+,18+/m0/s1. The number of ether oxygens (including phenoxy) is 1. The molecule has 1 aliphatic heterocycles. The van der Waals surface area contributed by atoms with E-state index >= 15 is 0 Å². The van der Waals surface area contributed by atoms with Crippen molar-refractivity contribution in [3.8, 4) is 0 Å². The minimum Gasteiger partial charge on any atom is -0.376 e. The van der Waals surface area contributed by atoms with E-state index in [4.69, 9.17) is 4.74 Å². The molecule has 2 heterocycles. The Morgan fingerprint density at radius 1 is 1.33 bits per heavy atom. The second-order valence-electron chi connectivity index (χ2n) is 7.73. The van der Waals surface area contributed by atoms with Crippen molar-refractivity contribution in [1.29, 1.82) is 0 Å². The van der Waals surface area contributed by atoms with Gasteiger partial charge < -0.3 is 15.0 Å². The van der Waals surface area contributed by atoms with Crippen LogP contribution in [0.2, 0.25) is 0 Å². The van der Waals surface area contributed by atoms with Crippen molar-refractivity contribution in [2.75, 3.05) is 19.7 Å². The summed E-state index contributed by atoms with van der Waals surface area (Å²) in [6.07, 6.45) is 10.2. The van der Waals surface area contributed by atoms with Crippen molar-refractivity contribution >= 4 is 11.8 Å². The molecule has 0 aromatic carbocycles. The second-order valence-corrected chi connectivity index (χ2v) is 7.73. The van der Waals surface area contributed by atoms with E-state index in [0.29, 0.717) is 25.9 Å². The van der Waals surface area contributed by atoms with Gasteiger partial charge >= 0.3 is 0 Å². The normalized spacial score (nSPS) is 25.5. The molecule has 3 atom stereocenters. The van der Waals surface area contributed by atoms with Crippen molar-refractivity contribution < 1.29 is 14.3 Å². The van der Waals surface area contributed by atoms with Crippen LogP contribution in [0.5, 0.6) is 0 Å². The van der Waals surface area contributed by atoms with Crippen LogP contribution in [-0.2, 0) is 20.7 Å². The largest absolute Gasteiger partial charge is 0.376 e. The van der Waals surface area contributed by atoms with Gasteiger partial charge in [0.05, 0.1) is 18.3 Å². The number of carbonyl (C=O) groups is 2. The zero-order chi connectivity index (χ0) is 19.1. The number of carbonyl (C=O) groups excluding carboxylic acids is 2. The van der Waals surface area contributed by atoms with Crippen molar-refractivity contribution in [2.45, 2.75) is 70.4 Å². The van der Waals surface area contributed by atoms with Gasteiger partial charge in [0.25, 0.3) is 0 Å². The highest BCUT2D eigenvalue weighted by Crippen LogP contribution is 2.29. The first kappa shape index (κ1) is 19.9. The fraction of sp³-hybridized carbons (Fsp3) is 0.750. The average molecular weight is 377 g/mol. The van der Waals surface area contributed by atoms with Crippen LogP contribution in [0.25, 0.3) is 0 Å². The fourth-order valence-electron chi connectivity index (χ4n) is 4.13. The van der Waals surface area contributed by atoms with E-state index < -0.39 is 0 Å². The van der Waals surface area contributed by atoms with Gasteiger partial charge in [0.1, 0.15) is 0 Å². The molecule has 150 valence electrons. The molecule has 1 saturated heterocycles. The number of hydrogen-bond donors (Lipinski definition) is 2. The molecule has 2 N–H and O–H groups in total. The van der Waals surface area contributed by atoms with Gasteiger partial charge in [-0.05, 0) is 50.5 Å². The molecule has 2 aliphatic rings. The molecule has 1 saturated carbocycles. The van der Waals surface area contributed by atoms with E-state index in [0.717, 1.165) is 50.8 Å². The summed E-state index contributed by atoms with van der Waals surface area (Å²) in [7, 11) is 0. The Bertz CT molecular complexity index is 598. The molecule has 0 radical (unpaired) electrons. The zero-order valence-electron chi connectivity index (χ0n) is 16.3. The number of hydrogen-bond acceptors (Lipinski definition) is 4. The predicted molar refractivity (Wildman–Crippen MR) is 102 cm³/mol. The Kier molecular flexibility index (Phi) is 7.26. The summed E-state index contributed by atoms with van der Waals surface area (Å²) in [5.74, 6) is 0.281. The third-order valence-electron chi connectivity index (χ3n) is 5.63. The number of rotatable bonds is 8. The third-order valence-corrected chi connectivity index (χ3v) is 5.63. The maximum atomic E-state index is 12.8. The van der Waals surface area contributed by atoms with Gasteiger partial charge in [-0.1, -0.05) is 6.92 Å². The molecule has 2 amide bonds. The van der Waals surface area contributed by atoms with E-state index in [1.165, 1.54) is 0 Å². The van der Waals surface area contributed by atoms with E-state index in [9.17, 15) is 9.59 Å². The molecule has 1 aromatic heterocycles. The molecule has 0 spiro atoms. The Balaban J connectivity index is 1.55. The Labute approximate surface area is 161 Å². The van der Waals surface area contributed by atoms with Gasteiger partial charge in [-0.3, -0.25) is 14.7 Å². The number of likely N-dealkylation sites (tertiary alicyclic amines) is 1. The van der Waals surface area contributed by atoms with Gasteiger partial charge in [0.2, 0.25) is 11.8 Å². The van der Waals surface area contributed by atoms with Gasteiger partial charge in [0, 0.05) is 38.2 Å². The van der Waals surface area contributed by atoms with Gasteiger partial charge in [-0.25, -0.2) is 0 Å². The number of nitrogens with zero attached hydrogens (tertiary/aromatic N) is 2. The van der Waals surface area contributed by atoms with Crippen LogP contribution >= 0.6 is 0 Å². The molecule has 7 heteroatoms. The maximum Gasteiger partial charge on any atom is 0.225 e. The Morgan fingerprint density at radius 2 is 2.15 bits per heavy atom. The number of aryl methyl sites for hydroxylation is 1. The Hall–Kier alpha value is -1.89. The molecular formula is C20H32N4O3. The van der Waals surface area contributed by atoms with E-state index in [1.54, 1.807) is 6.20 Å². The van der Waals surface area contributed by atoms with Crippen molar-refractivity contribution in [2.24, 2.45) is 5.92 Å². The summed E-state index contributed by atoms with van der Waals surface area (Å²) < 4.78 is 5.99. The van der Waals surface area contributed by atoms with E-state index in [1.807, 2.05) is 11.1 Å². The van der Waals surface area contributed by atoms with Gasteiger partial charge in [-0.2, -0.15) is 5.10 Å². The zero-order valence-corrected chi connectivity index (χ0v) is 16.3. The predicted octanol–water partition coefficient (Wildman–Crippen LogP) is 2.04. The summed E-state index contributed by atoms with van der Waals surface area (Å²) in [4.78, 5) is 27.3. The summed E-state index contributed by atoms with van der Waals surface area (Å²) in [5, 5.41) is 9.83. The van der Waals surface area contributed by atoms with E-state index in [2.05, 4.69) is 22.4 Å². The molecule has 27 heavy (non-hydrogen) atoms. The van der Waals surface area contributed by atoms with E-state index in [-0.39, 0.29) is 29.9 Å². The molecule has 1 aromatic rings. The molecule has 2 fully saturated rings. The van der Waals surface area contributed by atoms with Gasteiger partial charge in [-0.15, -0.1) is 0 Å². The van der Waals surface area contributed by atoms with Crippen molar-refractivity contribution in [3.05, 3.63) is 18.0 Å². The van der Waals surface area contributed by atoms with Crippen LogP contribution in [0.4, 0.5) is 0 Å². The smallest absolute Gasteiger partial charge is 0.225 e. The van der Waals surface area contributed by atoms with Crippen molar-refractivity contribution in [3.63, 3.8) is 0 Å². The lowest BCUT2D eigenvalue weighted by Gasteiger charge is -2.37. The van der Waals surface area contributed by atoms with Crippen LogP contribution < -0.4 is 5.32 Å². The Morgan fingerprint density at radius 3 is 2.85 bits per heavy atom. The summed E-state index contributed by atoms with van der Waals surface area (Å²) in [6, 6.07) is -0.0845. The lowest BCUT2D eigenvalue weighted by Crippen LogP contribution is -2.50. The highest BCUT2D eigenvalue weighted by Gasteiger charge is 2.37. The number of aromatic amines is 1. The number of H-pyrrole nitrogens is 1. The minimum atomic E-state index is -0.0845. The molecule has 0 bridgehead atoms. The van der Waals surface area contributed by atoms with Crippen molar-refractivity contribution in [1.82, 2.24) is 20.4 Å². The quantitative estimate of drug-likeness (QED) is 0.727. The SMILES string of the molecule is CCCO[C@@H]1CC[C@H](C(=O)N2CCCC2)C[C@H]1NC(=O)CCc1cn[nH]c1. The summed E-state index contributed by atoms with van der Waals surface area (Å²) in [6.45, 7) is 4.54. The van der Waals surface area contributed by atoms with Crippen LogP contribution in [0.1, 0.15) is 57.4 Å². The average Bonchev–Trinajstić information content (AvgIpc) is 3.38. The topological polar surface area (TPSA) is 87.3 Å². The first-order valence-electron chi connectivity index (χ1n) is 10.3. The third kappa shape index (κ3) is 5.54. The second kappa shape index (κ2) is 9.88. The number of aromatic nitrogens is 2. The highest BCUT2D eigenvalue weighted by atomic mass is 16.5. The van der Waals surface area contributed by atoms with Crippen LogP contribution in [-0.4, -0.2) is 58.8 Å². The monoisotopic (exact) mass is 376 g/mol. The van der Waals surface area contributed by atoms with Crippen LogP contribution in [0, 0.1) is 5.92 Å². The first-order valence-corrected chi connectivity index (χ1v) is 10.3. The fourth-order valence-corrected chi connectivity index (χ4v) is 4.13. The molecule has 3 rings (SSSR count). The lowest BCUT2D eigenvalue weighted by atomic mass is 9.82. The lowest BCUT2D eigenvalue weighted by molar-refractivity contribution is -0.138. The number of nitrogens with one attached hydrogen (secondary N) is 2. The molecule has 0 unspecified atom stereocenters.